The van der Waals surface area contributed by atoms with Gasteiger partial charge in [0.05, 0.1) is 0 Å². The Morgan fingerprint density at radius 1 is 1.08 bits per heavy atom. The Hall–Kier alpha value is -1.61. The lowest BCUT2D eigenvalue weighted by Gasteiger charge is -2.27. The second-order valence-corrected chi connectivity index (χ2v) is 6.06. The van der Waals surface area contributed by atoms with E-state index >= 15 is 0 Å². The van der Waals surface area contributed by atoms with Crippen molar-refractivity contribution in [3.05, 3.63) is 23.8 Å². The fourth-order valence-corrected chi connectivity index (χ4v) is 2.62. The van der Waals surface area contributed by atoms with Gasteiger partial charge in [-0.1, -0.05) is 18.2 Å². The minimum atomic E-state index is -5.03. The van der Waals surface area contributed by atoms with Crippen LogP contribution < -0.4 is 0 Å². The number of rotatable bonds is 8. The maximum Gasteiger partial charge on any atom is 0.343 e. The molecule has 2 bridgehead atoms. The minimum absolute atomic E-state index is 0.0360. The molecule has 2 aliphatic carbocycles. The Kier molecular flexibility index (Phi) is 5.21. The molecule has 142 valence electrons. The average Bonchev–Trinajstić information content (AvgIpc) is 3.13. The molecule has 2 atom stereocenters. The van der Waals surface area contributed by atoms with Gasteiger partial charge in [-0.15, -0.1) is 0 Å². The molecule has 25 heavy (non-hydrogen) atoms. The molecule has 0 aromatic heterocycles. The highest BCUT2D eigenvalue weighted by Gasteiger charge is 2.58. The molecule has 0 fully saturated rings. The Balaban J connectivity index is 1.91. The molecule has 2 rings (SSSR count). The number of halogens is 8. The van der Waals surface area contributed by atoms with Crippen LogP contribution >= 0.6 is 0 Å². The van der Waals surface area contributed by atoms with Gasteiger partial charge >= 0.3 is 30.2 Å². The largest absolute Gasteiger partial charge is 0.456 e. The van der Waals surface area contributed by atoms with E-state index in [9.17, 15) is 39.9 Å². The van der Waals surface area contributed by atoms with Crippen LogP contribution in [0.5, 0.6) is 0 Å². The predicted octanol–water partition coefficient (Wildman–Crippen LogP) is 4.61. The molecule has 0 aromatic carbocycles. The van der Waals surface area contributed by atoms with Gasteiger partial charge in [-0.05, 0) is 12.3 Å². The zero-order valence-corrected chi connectivity index (χ0v) is 12.6. The Morgan fingerprint density at radius 2 is 1.72 bits per heavy atom. The molecule has 10 heteroatoms. The number of carbonyl (C=O) groups excluding carboxylic acids is 1. The molecule has 2 unspecified atom stereocenters. The first-order valence-corrected chi connectivity index (χ1v) is 7.34. The number of fused-ring (bicyclic) bond motifs is 2. The molecular formula is C15H14F8O2. The van der Waals surface area contributed by atoms with E-state index in [1.807, 2.05) is 0 Å². The zero-order valence-electron chi connectivity index (χ0n) is 12.6. The van der Waals surface area contributed by atoms with E-state index in [1.165, 1.54) is 6.08 Å². The Labute approximate surface area is 137 Å². The van der Waals surface area contributed by atoms with Crippen molar-refractivity contribution in [1.82, 2.24) is 0 Å². The lowest BCUT2D eigenvalue weighted by Crippen LogP contribution is -2.46. The van der Waals surface area contributed by atoms with Crippen molar-refractivity contribution in [3.8, 4) is 0 Å². The Bertz CT molecular complexity index is 582. The van der Waals surface area contributed by atoms with Gasteiger partial charge in [-0.3, -0.25) is 0 Å². The quantitative estimate of drug-likeness (QED) is 0.350. The number of carbonyl (C=O) groups is 1. The van der Waals surface area contributed by atoms with Crippen molar-refractivity contribution < 1.29 is 44.7 Å². The van der Waals surface area contributed by atoms with Gasteiger partial charge < -0.3 is 4.74 Å². The van der Waals surface area contributed by atoms with E-state index < -0.39 is 49.6 Å². The molecular weight excluding hydrogens is 364 g/mol. The normalized spacial score (nSPS) is 23.3. The molecule has 0 heterocycles. The average molecular weight is 378 g/mol. The maximum atomic E-state index is 13.5. The lowest BCUT2D eigenvalue weighted by atomic mass is 10.0. The molecule has 0 N–H and O–H groups in total. The van der Waals surface area contributed by atoms with Gasteiger partial charge in [0.2, 0.25) is 0 Å². The van der Waals surface area contributed by atoms with Crippen molar-refractivity contribution in [2.75, 3.05) is 6.61 Å². The minimum Gasteiger partial charge on any atom is -0.456 e. The Morgan fingerprint density at radius 3 is 2.20 bits per heavy atom. The van der Waals surface area contributed by atoms with Crippen LogP contribution in [0.25, 0.3) is 0 Å². The standard InChI is InChI=1S/C15H14F8O2/c16-12(17)13(18,19)3-4-14(20,21)15(22,23)7-25-11(24)10-6-8-1-2-9(10)5-8/h1-2,6,8-9,12H,3-5,7H2. The van der Waals surface area contributed by atoms with E-state index in [0.29, 0.717) is 6.42 Å². The number of hydrogen-bond donors (Lipinski definition) is 0. The predicted molar refractivity (Wildman–Crippen MR) is 69.9 cm³/mol. The number of allylic oxidation sites excluding steroid dienone is 3. The van der Waals surface area contributed by atoms with Crippen LogP contribution in [0, 0.1) is 11.8 Å². The molecule has 0 spiro atoms. The molecule has 0 radical (unpaired) electrons. The second kappa shape index (κ2) is 6.60. The second-order valence-electron chi connectivity index (χ2n) is 6.06. The first-order chi connectivity index (χ1) is 11.4. The van der Waals surface area contributed by atoms with E-state index in [-0.39, 0.29) is 17.4 Å². The monoisotopic (exact) mass is 378 g/mol. The molecule has 0 saturated carbocycles. The summed E-state index contributed by atoms with van der Waals surface area (Å²) in [6, 6.07) is 0. The van der Waals surface area contributed by atoms with Crippen LogP contribution in [0.1, 0.15) is 19.3 Å². The molecule has 2 aliphatic rings. The van der Waals surface area contributed by atoms with Gasteiger partial charge in [-0.25, -0.2) is 22.4 Å². The molecule has 0 saturated heterocycles. The summed E-state index contributed by atoms with van der Waals surface area (Å²) >= 11 is 0. The number of ether oxygens (including phenoxy) is 1. The van der Waals surface area contributed by atoms with Gasteiger partial charge in [0.25, 0.3) is 0 Å². The molecule has 0 aromatic rings. The first-order valence-electron chi connectivity index (χ1n) is 7.34. The lowest BCUT2D eigenvalue weighted by molar-refractivity contribution is -0.241. The van der Waals surface area contributed by atoms with Crippen molar-refractivity contribution in [2.24, 2.45) is 11.8 Å². The third-order valence-corrected chi connectivity index (χ3v) is 4.16. The smallest absolute Gasteiger partial charge is 0.343 e. The van der Waals surface area contributed by atoms with Crippen LogP contribution in [-0.2, 0) is 9.53 Å². The fourth-order valence-electron chi connectivity index (χ4n) is 2.62. The highest BCUT2D eigenvalue weighted by Crippen LogP contribution is 2.42. The summed E-state index contributed by atoms with van der Waals surface area (Å²) in [4.78, 5) is 11.7. The number of alkyl halides is 8. The third-order valence-electron chi connectivity index (χ3n) is 4.16. The summed E-state index contributed by atoms with van der Waals surface area (Å²) < 4.78 is 107. The van der Waals surface area contributed by atoms with Crippen LogP contribution in [0.15, 0.2) is 23.8 Å². The molecule has 0 aliphatic heterocycles. The van der Waals surface area contributed by atoms with Crippen molar-refractivity contribution in [1.29, 1.82) is 0 Å². The van der Waals surface area contributed by atoms with Gasteiger partial charge in [0.15, 0.2) is 6.61 Å². The van der Waals surface area contributed by atoms with Crippen molar-refractivity contribution >= 4 is 5.97 Å². The van der Waals surface area contributed by atoms with Crippen molar-refractivity contribution in [2.45, 2.75) is 43.5 Å². The summed E-state index contributed by atoms with van der Waals surface area (Å²) in [6.45, 7) is -2.03. The summed E-state index contributed by atoms with van der Waals surface area (Å²) in [7, 11) is 0. The summed E-state index contributed by atoms with van der Waals surface area (Å²) in [5, 5.41) is 0. The van der Waals surface area contributed by atoms with E-state index in [0.717, 1.165) is 0 Å². The van der Waals surface area contributed by atoms with E-state index in [2.05, 4.69) is 4.74 Å². The summed E-state index contributed by atoms with van der Waals surface area (Å²) in [5.41, 5.74) is 0.0795. The van der Waals surface area contributed by atoms with Gasteiger partial charge in [0, 0.05) is 24.3 Å². The first kappa shape index (κ1) is 19.7. The van der Waals surface area contributed by atoms with E-state index in [4.69, 9.17) is 0 Å². The SMILES string of the molecule is O=C(OCC(F)(F)C(F)(F)CCC(F)(F)C(F)F)C1=CC2C=CC1C2. The topological polar surface area (TPSA) is 26.3 Å². The van der Waals surface area contributed by atoms with Crippen LogP contribution in [0.3, 0.4) is 0 Å². The fraction of sp³-hybridized carbons (Fsp3) is 0.667. The third kappa shape index (κ3) is 4.14. The van der Waals surface area contributed by atoms with E-state index in [1.54, 1.807) is 12.2 Å². The molecule has 2 nitrogen and oxygen atoms in total. The number of esters is 1. The number of hydrogen-bond acceptors (Lipinski definition) is 2. The summed E-state index contributed by atoms with van der Waals surface area (Å²) in [5.74, 6) is -16.4. The summed E-state index contributed by atoms with van der Waals surface area (Å²) in [6.07, 6.45) is -3.03. The van der Waals surface area contributed by atoms with Gasteiger partial charge in [-0.2, -0.15) is 17.6 Å². The van der Waals surface area contributed by atoms with Crippen LogP contribution in [0.2, 0.25) is 0 Å². The molecule has 0 amide bonds. The van der Waals surface area contributed by atoms with Crippen LogP contribution in [0.4, 0.5) is 35.1 Å². The highest BCUT2D eigenvalue weighted by molar-refractivity contribution is 5.90. The highest BCUT2D eigenvalue weighted by atomic mass is 19.3. The van der Waals surface area contributed by atoms with Gasteiger partial charge in [0.1, 0.15) is 0 Å². The zero-order chi connectivity index (χ0) is 19.0. The van der Waals surface area contributed by atoms with Crippen LogP contribution in [-0.4, -0.2) is 36.8 Å². The van der Waals surface area contributed by atoms with Crippen molar-refractivity contribution in [3.63, 3.8) is 0 Å². The maximum absolute atomic E-state index is 13.5.